The molecule has 1 aliphatic rings. The summed E-state index contributed by atoms with van der Waals surface area (Å²) in [4.78, 5) is 12.2. The molecule has 23 heavy (non-hydrogen) atoms. The largest absolute Gasteiger partial charge is 0.325 e. The van der Waals surface area contributed by atoms with Crippen molar-refractivity contribution in [1.29, 1.82) is 0 Å². The van der Waals surface area contributed by atoms with E-state index in [-0.39, 0.29) is 29.3 Å². The molecular weight excluding hydrogens is 358 g/mol. The lowest BCUT2D eigenvalue weighted by molar-refractivity contribution is -0.117. The Morgan fingerprint density at radius 1 is 1.35 bits per heavy atom. The maximum absolute atomic E-state index is 12.3. The first-order valence-corrected chi connectivity index (χ1v) is 9.57. The standard InChI is InChI=1S/C14H21N3O3S2.ClH/c1-14(2,3)17-22(19,20)11-6-4-5-10(7-11)16-13(18)12-8-21-9-15-12;/h4-7,12,15,17H,8-9H2,1-3H3,(H,16,18);1H. The van der Waals surface area contributed by atoms with E-state index in [1.165, 1.54) is 12.1 Å². The summed E-state index contributed by atoms with van der Waals surface area (Å²) in [6.07, 6.45) is 0. The van der Waals surface area contributed by atoms with E-state index in [0.717, 1.165) is 11.6 Å². The van der Waals surface area contributed by atoms with Crippen LogP contribution in [0.3, 0.4) is 0 Å². The van der Waals surface area contributed by atoms with Crippen LogP contribution in [0.15, 0.2) is 29.2 Å². The monoisotopic (exact) mass is 379 g/mol. The lowest BCUT2D eigenvalue weighted by Gasteiger charge is -2.20. The quantitative estimate of drug-likeness (QED) is 0.742. The zero-order valence-corrected chi connectivity index (χ0v) is 15.7. The molecular formula is C14H22ClN3O3S2. The summed E-state index contributed by atoms with van der Waals surface area (Å²) in [5.74, 6) is 1.32. The summed E-state index contributed by atoms with van der Waals surface area (Å²) in [7, 11) is -3.62. The van der Waals surface area contributed by atoms with Gasteiger partial charge in [0, 0.05) is 22.9 Å². The number of hydrogen-bond donors (Lipinski definition) is 3. The fourth-order valence-corrected chi connectivity index (χ4v) is 4.40. The number of carbonyl (C=O) groups is 1. The van der Waals surface area contributed by atoms with Gasteiger partial charge in [-0.15, -0.1) is 24.2 Å². The van der Waals surface area contributed by atoms with E-state index in [1.807, 2.05) is 0 Å². The van der Waals surface area contributed by atoms with Crippen LogP contribution in [-0.2, 0) is 14.8 Å². The van der Waals surface area contributed by atoms with Crippen molar-refractivity contribution in [3.05, 3.63) is 24.3 Å². The zero-order valence-electron chi connectivity index (χ0n) is 13.3. The molecule has 9 heteroatoms. The molecule has 3 N–H and O–H groups in total. The molecule has 1 atom stereocenters. The van der Waals surface area contributed by atoms with Gasteiger partial charge in [0.25, 0.3) is 0 Å². The fourth-order valence-electron chi connectivity index (χ4n) is 2.00. The summed E-state index contributed by atoms with van der Waals surface area (Å²) < 4.78 is 27.2. The van der Waals surface area contributed by atoms with Gasteiger partial charge >= 0.3 is 0 Å². The molecule has 0 bridgehead atoms. The Morgan fingerprint density at radius 3 is 2.61 bits per heavy atom. The minimum atomic E-state index is -3.62. The lowest BCUT2D eigenvalue weighted by Crippen LogP contribution is -2.40. The third-order valence-corrected chi connectivity index (χ3v) is 5.58. The SMILES string of the molecule is CC(C)(C)NS(=O)(=O)c1cccc(NC(=O)C2CSCN2)c1.Cl. The van der Waals surface area contributed by atoms with Gasteiger partial charge in [0.15, 0.2) is 0 Å². The normalized spacial score (nSPS) is 18.3. The zero-order chi connectivity index (χ0) is 16.4. The van der Waals surface area contributed by atoms with Gasteiger partial charge in [0.2, 0.25) is 15.9 Å². The molecule has 1 unspecified atom stereocenters. The van der Waals surface area contributed by atoms with Crippen LogP contribution in [0.5, 0.6) is 0 Å². The average Bonchev–Trinajstić information content (AvgIpc) is 2.90. The van der Waals surface area contributed by atoms with Crippen molar-refractivity contribution in [3.8, 4) is 0 Å². The molecule has 1 aromatic carbocycles. The average molecular weight is 380 g/mol. The molecule has 0 saturated carbocycles. The molecule has 1 saturated heterocycles. The number of rotatable bonds is 4. The Kier molecular flexibility index (Phi) is 6.91. The van der Waals surface area contributed by atoms with Gasteiger partial charge in [-0.3, -0.25) is 10.1 Å². The second-order valence-corrected chi connectivity index (χ2v) is 8.86. The van der Waals surface area contributed by atoms with Gasteiger partial charge in [-0.05, 0) is 39.0 Å². The first-order valence-electron chi connectivity index (χ1n) is 6.93. The molecule has 0 spiro atoms. The van der Waals surface area contributed by atoms with Gasteiger partial charge < -0.3 is 5.32 Å². The highest BCUT2D eigenvalue weighted by atomic mass is 35.5. The Hall–Kier alpha value is -0.800. The second-order valence-electron chi connectivity index (χ2n) is 6.14. The maximum atomic E-state index is 12.3. The van der Waals surface area contributed by atoms with Gasteiger partial charge in [0.05, 0.1) is 10.9 Å². The van der Waals surface area contributed by atoms with Crippen LogP contribution < -0.4 is 15.4 Å². The smallest absolute Gasteiger partial charge is 0.242 e. The highest BCUT2D eigenvalue weighted by Crippen LogP contribution is 2.18. The predicted molar refractivity (Wildman–Crippen MR) is 96.6 cm³/mol. The molecule has 1 heterocycles. The molecule has 1 fully saturated rings. The molecule has 130 valence electrons. The van der Waals surface area contributed by atoms with Crippen LogP contribution in [0.4, 0.5) is 5.69 Å². The topological polar surface area (TPSA) is 87.3 Å². The van der Waals surface area contributed by atoms with E-state index >= 15 is 0 Å². The third-order valence-electron chi connectivity index (χ3n) is 2.89. The number of nitrogens with one attached hydrogen (secondary N) is 3. The fraction of sp³-hybridized carbons (Fsp3) is 0.500. The van der Waals surface area contributed by atoms with E-state index in [4.69, 9.17) is 0 Å². The Bertz CT molecular complexity index is 653. The van der Waals surface area contributed by atoms with Crippen molar-refractivity contribution in [2.75, 3.05) is 16.9 Å². The van der Waals surface area contributed by atoms with Gasteiger partial charge in [-0.1, -0.05) is 6.07 Å². The van der Waals surface area contributed by atoms with Crippen LogP contribution >= 0.6 is 24.2 Å². The number of thioether (sulfide) groups is 1. The van der Waals surface area contributed by atoms with Crippen molar-refractivity contribution >= 4 is 45.8 Å². The van der Waals surface area contributed by atoms with Crippen LogP contribution in [0.25, 0.3) is 0 Å². The lowest BCUT2D eigenvalue weighted by atomic mass is 10.1. The highest BCUT2D eigenvalue weighted by Gasteiger charge is 2.24. The van der Waals surface area contributed by atoms with E-state index in [9.17, 15) is 13.2 Å². The molecule has 0 aromatic heterocycles. The van der Waals surface area contributed by atoms with E-state index in [1.54, 1.807) is 44.7 Å². The first kappa shape index (κ1) is 20.2. The number of halogens is 1. The number of hydrogen-bond acceptors (Lipinski definition) is 5. The number of amides is 1. The molecule has 6 nitrogen and oxygen atoms in total. The Balaban J connectivity index is 0.00000264. The minimum Gasteiger partial charge on any atom is -0.325 e. The van der Waals surface area contributed by atoms with Crippen LogP contribution in [0, 0.1) is 0 Å². The Labute approximate surface area is 147 Å². The molecule has 2 rings (SSSR count). The molecule has 0 radical (unpaired) electrons. The van der Waals surface area contributed by atoms with Gasteiger partial charge in [-0.25, -0.2) is 13.1 Å². The van der Waals surface area contributed by atoms with Crippen LogP contribution in [0.2, 0.25) is 0 Å². The molecule has 1 aromatic rings. The number of carbonyl (C=O) groups excluding carboxylic acids is 1. The summed E-state index contributed by atoms with van der Waals surface area (Å²) in [5, 5.41) is 5.83. The molecule has 1 amide bonds. The van der Waals surface area contributed by atoms with E-state index in [0.29, 0.717) is 5.69 Å². The second kappa shape index (κ2) is 7.85. The molecule has 1 aliphatic heterocycles. The summed E-state index contributed by atoms with van der Waals surface area (Å²) in [6.45, 7) is 5.33. The number of sulfonamides is 1. The summed E-state index contributed by atoms with van der Waals surface area (Å²) in [6, 6.07) is 6.03. The van der Waals surface area contributed by atoms with Crippen molar-refractivity contribution in [2.24, 2.45) is 0 Å². The molecule has 0 aliphatic carbocycles. The third kappa shape index (κ3) is 5.96. The van der Waals surface area contributed by atoms with E-state index in [2.05, 4.69) is 15.4 Å². The summed E-state index contributed by atoms with van der Waals surface area (Å²) >= 11 is 1.66. The highest BCUT2D eigenvalue weighted by molar-refractivity contribution is 7.99. The van der Waals surface area contributed by atoms with Crippen molar-refractivity contribution in [1.82, 2.24) is 10.0 Å². The summed E-state index contributed by atoms with van der Waals surface area (Å²) in [5.41, 5.74) is -0.0937. The number of benzene rings is 1. The van der Waals surface area contributed by atoms with Crippen molar-refractivity contribution in [3.63, 3.8) is 0 Å². The predicted octanol–water partition coefficient (Wildman–Crippen LogP) is 1.79. The van der Waals surface area contributed by atoms with Crippen molar-refractivity contribution in [2.45, 2.75) is 37.2 Å². The maximum Gasteiger partial charge on any atom is 0.242 e. The van der Waals surface area contributed by atoms with Crippen molar-refractivity contribution < 1.29 is 13.2 Å². The van der Waals surface area contributed by atoms with Gasteiger partial charge in [-0.2, -0.15) is 0 Å². The first-order chi connectivity index (χ1) is 10.2. The minimum absolute atomic E-state index is 0. The van der Waals surface area contributed by atoms with Crippen LogP contribution in [0.1, 0.15) is 20.8 Å². The number of anilines is 1. The van der Waals surface area contributed by atoms with E-state index < -0.39 is 15.6 Å². The Morgan fingerprint density at radius 2 is 2.04 bits per heavy atom. The van der Waals surface area contributed by atoms with Crippen LogP contribution in [-0.4, -0.2) is 37.5 Å². The van der Waals surface area contributed by atoms with Gasteiger partial charge in [0.1, 0.15) is 0 Å².